The third-order valence-corrected chi connectivity index (χ3v) is 5.10. The number of carbonyl (C=O) groups excluding carboxylic acids is 2. The Morgan fingerprint density at radius 3 is 2.71 bits per heavy atom. The SMILES string of the molecule is Cc1cccc(NC(=O)C2CC(=O)N(c3ccc(C)c(Br)c3)C2)c1. The van der Waals surface area contributed by atoms with Crippen LogP contribution in [0.4, 0.5) is 11.4 Å². The van der Waals surface area contributed by atoms with E-state index in [1.807, 2.05) is 56.3 Å². The van der Waals surface area contributed by atoms with Crippen LogP contribution in [0, 0.1) is 19.8 Å². The maximum Gasteiger partial charge on any atom is 0.229 e. The van der Waals surface area contributed by atoms with E-state index in [1.54, 1.807) is 4.90 Å². The molecule has 1 unspecified atom stereocenters. The second-order valence-electron chi connectivity index (χ2n) is 6.20. The van der Waals surface area contributed by atoms with Gasteiger partial charge in [-0.25, -0.2) is 0 Å². The smallest absolute Gasteiger partial charge is 0.229 e. The fourth-order valence-corrected chi connectivity index (χ4v) is 3.22. The van der Waals surface area contributed by atoms with Crippen molar-refractivity contribution in [1.82, 2.24) is 0 Å². The average molecular weight is 387 g/mol. The number of rotatable bonds is 3. The third kappa shape index (κ3) is 3.51. The molecule has 24 heavy (non-hydrogen) atoms. The molecule has 124 valence electrons. The number of halogens is 1. The monoisotopic (exact) mass is 386 g/mol. The number of amides is 2. The predicted molar refractivity (Wildman–Crippen MR) is 99.1 cm³/mol. The molecule has 0 aromatic heterocycles. The summed E-state index contributed by atoms with van der Waals surface area (Å²) in [5.41, 5.74) is 3.79. The molecule has 1 heterocycles. The van der Waals surface area contributed by atoms with Crippen LogP contribution in [0.1, 0.15) is 17.5 Å². The van der Waals surface area contributed by atoms with Gasteiger partial charge in [0.15, 0.2) is 0 Å². The standard InChI is InChI=1S/C19H19BrN2O2/c1-12-4-3-5-15(8-12)21-19(24)14-9-18(23)22(11-14)16-7-6-13(2)17(20)10-16/h3-8,10,14H,9,11H2,1-2H3,(H,21,24). The number of carbonyl (C=O) groups is 2. The fraction of sp³-hybridized carbons (Fsp3) is 0.263. The summed E-state index contributed by atoms with van der Waals surface area (Å²) in [5, 5.41) is 2.91. The number of hydrogen-bond donors (Lipinski definition) is 1. The van der Waals surface area contributed by atoms with E-state index < -0.39 is 0 Å². The van der Waals surface area contributed by atoms with E-state index in [2.05, 4.69) is 21.2 Å². The molecule has 4 nitrogen and oxygen atoms in total. The molecule has 0 radical (unpaired) electrons. The van der Waals surface area contributed by atoms with Crippen molar-refractivity contribution in [3.05, 3.63) is 58.1 Å². The van der Waals surface area contributed by atoms with Gasteiger partial charge in [0.1, 0.15) is 0 Å². The summed E-state index contributed by atoms with van der Waals surface area (Å²) in [6, 6.07) is 13.5. The Labute approximate surface area is 150 Å². The van der Waals surface area contributed by atoms with Crippen molar-refractivity contribution >= 4 is 39.1 Å². The van der Waals surface area contributed by atoms with Gasteiger partial charge in [0.2, 0.25) is 11.8 Å². The molecular weight excluding hydrogens is 368 g/mol. The Hall–Kier alpha value is -2.14. The van der Waals surface area contributed by atoms with Crippen LogP contribution in [0.25, 0.3) is 0 Å². The van der Waals surface area contributed by atoms with Gasteiger partial charge in [0, 0.05) is 28.8 Å². The molecule has 5 heteroatoms. The van der Waals surface area contributed by atoms with Crippen molar-refractivity contribution in [2.75, 3.05) is 16.8 Å². The summed E-state index contributed by atoms with van der Waals surface area (Å²) in [6.07, 6.45) is 0.239. The van der Waals surface area contributed by atoms with E-state index in [4.69, 9.17) is 0 Å². The van der Waals surface area contributed by atoms with Crippen LogP contribution < -0.4 is 10.2 Å². The zero-order chi connectivity index (χ0) is 17.3. The van der Waals surface area contributed by atoms with Crippen molar-refractivity contribution in [3.8, 4) is 0 Å². The first-order valence-electron chi connectivity index (χ1n) is 7.88. The molecule has 1 N–H and O–H groups in total. The van der Waals surface area contributed by atoms with Crippen molar-refractivity contribution in [3.63, 3.8) is 0 Å². The lowest BCUT2D eigenvalue weighted by atomic mass is 10.1. The summed E-state index contributed by atoms with van der Waals surface area (Å²) in [7, 11) is 0. The molecule has 0 bridgehead atoms. The zero-order valence-electron chi connectivity index (χ0n) is 13.7. The Kier molecular flexibility index (Phi) is 4.71. The minimum absolute atomic E-state index is 0.0184. The van der Waals surface area contributed by atoms with Gasteiger partial charge in [-0.15, -0.1) is 0 Å². The van der Waals surface area contributed by atoms with Gasteiger partial charge in [-0.3, -0.25) is 9.59 Å². The average Bonchev–Trinajstić information content (AvgIpc) is 2.92. The quantitative estimate of drug-likeness (QED) is 0.864. The highest BCUT2D eigenvalue weighted by Gasteiger charge is 2.35. The number of anilines is 2. The molecule has 2 aromatic rings. The number of aryl methyl sites for hydroxylation is 2. The van der Waals surface area contributed by atoms with Crippen molar-refractivity contribution in [2.24, 2.45) is 5.92 Å². The number of benzene rings is 2. The molecule has 3 rings (SSSR count). The van der Waals surface area contributed by atoms with Crippen LogP contribution in [0.5, 0.6) is 0 Å². The Morgan fingerprint density at radius 1 is 1.21 bits per heavy atom. The van der Waals surface area contributed by atoms with E-state index in [1.165, 1.54) is 0 Å². The van der Waals surface area contributed by atoms with Gasteiger partial charge < -0.3 is 10.2 Å². The van der Waals surface area contributed by atoms with Gasteiger partial charge in [-0.05, 0) is 49.2 Å². The van der Waals surface area contributed by atoms with Crippen LogP contribution in [0.2, 0.25) is 0 Å². The molecule has 0 saturated carbocycles. The maximum atomic E-state index is 12.5. The second-order valence-corrected chi connectivity index (χ2v) is 7.05. The maximum absolute atomic E-state index is 12.5. The van der Waals surface area contributed by atoms with Crippen molar-refractivity contribution in [2.45, 2.75) is 20.3 Å². The fourth-order valence-electron chi connectivity index (χ4n) is 2.85. The van der Waals surface area contributed by atoms with Crippen molar-refractivity contribution in [1.29, 1.82) is 0 Å². The molecule has 1 saturated heterocycles. The molecule has 0 spiro atoms. The second kappa shape index (κ2) is 6.77. The highest BCUT2D eigenvalue weighted by Crippen LogP contribution is 2.29. The van der Waals surface area contributed by atoms with E-state index in [9.17, 15) is 9.59 Å². The van der Waals surface area contributed by atoms with Gasteiger partial charge >= 0.3 is 0 Å². The minimum atomic E-state index is -0.335. The van der Waals surface area contributed by atoms with Crippen LogP contribution in [-0.4, -0.2) is 18.4 Å². The topological polar surface area (TPSA) is 49.4 Å². The first kappa shape index (κ1) is 16.7. The lowest BCUT2D eigenvalue weighted by Gasteiger charge is -2.17. The molecule has 1 atom stereocenters. The molecule has 2 amide bonds. The van der Waals surface area contributed by atoms with Crippen LogP contribution >= 0.6 is 15.9 Å². The first-order valence-corrected chi connectivity index (χ1v) is 8.67. The molecular formula is C19H19BrN2O2. The summed E-state index contributed by atoms with van der Waals surface area (Å²) in [6.45, 7) is 4.38. The molecule has 2 aromatic carbocycles. The van der Waals surface area contributed by atoms with E-state index >= 15 is 0 Å². The van der Waals surface area contributed by atoms with Crippen LogP contribution in [0.15, 0.2) is 46.9 Å². The zero-order valence-corrected chi connectivity index (χ0v) is 15.3. The van der Waals surface area contributed by atoms with Crippen molar-refractivity contribution < 1.29 is 9.59 Å². The van der Waals surface area contributed by atoms with Gasteiger partial charge in [0.05, 0.1) is 5.92 Å². The molecule has 0 aliphatic carbocycles. The van der Waals surface area contributed by atoms with Gasteiger partial charge in [-0.2, -0.15) is 0 Å². The van der Waals surface area contributed by atoms with Gasteiger partial charge in [0.25, 0.3) is 0 Å². The van der Waals surface area contributed by atoms with Crippen LogP contribution in [0.3, 0.4) is 0 Å². The van der Waals surface area contributed by atoms with Crippen LogP contribution in [-0.2, 0) is 9.59 Å². The normalized spacial score (nSPS) is 17.2. The molecule has 1 aliphatic heterocycles. The Bertz CT molecular complexity index is 804. The Morgan fingerprint density at radius 2 is 2.00 bits per heavy atom. The summed E-state index contributed by atoms with van der Waals surface area (Å²) in [5.74, 6) is -0.462. The van der Waals surface area contributed by atoms with Gasteiger partial charge in [-0.1, -0.05) is 34.1 Å². The highest BCUT2D eigenvalue weighted by molar-refractivity contribution is 9.10. The molecule has 1 aliphatic rings. The predicted octanol–water partition coefficient (Wildman–Crippen LogP) is 4.06. The highest BCUT2D eigenvalue weighted by atomic mass is 79.9. The summed E-state index contributed by atoms with van der Waals surface area (Å²) < 4.78 is 0.959. The summed E-state index contributed by atoms with van der Waals surface area (Å²) >= 11 is 3.49. The Balaban J connectivity index is 1.72. The third-order valence-electron chi connectivity index (χ3n) is 4.25. The first-order chi connectivity index (χ1) is 11.4. The number of hydrogen-bond acceptors (Lipinski definition) is 2. The van der Waals surface area contributed by atoms with E-state index in [0.717, 1.165) is 27.0 Å². The number of nitrogens with zero attached hydrogens (tertiary/aromatic N) is 1. The van der Waals surface area contributed by atoms with E-state index in [0.29, 0.717) is 6.54 Å². The largest absolute Gasteiger partial charge is 0.326 e. The number of nitrogens with one attached hydrogen (secondary N) is 1. The van der Waals surface area contributed by atoms with E-state index in [-0.39, 0.29) is 24.2 Å². The lowest BCUT2D eigenvalue weighted by molar-refractivity contribution is -0.122. The lowest BCUT2D eigenvalue weighted by Crippen LogP contribution is -2.28. The minimum Gasteiger partial charge on any atom is -0.326 e. The molecule has 1 fully saturated rings. The summed E-state index contributed by atoms with van der Waals surface area (Å²) in [4.78, 5) is 26.5.